The van der Waals surface area contributed by atoms with Gasteiger partial charge in [0.25, 0.3) is 5.91 Å². The summed E-state index contributed by atoms with van der Waals surface area (Å²) in [5.41, 5.74) is 1.28. The van der Waals surface area contributed by atoms with Gasteiger partial charge in [0, 0.05) is 10.7 Å². The fourth-order valence-corrected chi connectivity index (χ4v) is 3.91. The number of hydrogen-bond donors (Lipinski definition) is 1. The highest BCUT2D eigenvalue weighted by molar-refractivity contribution is 14.1. The van der Waals surface area contributed by atoms with Crippen molar-refractivity contribution in [3.05, 3.63) is 60.6 Å². The molecule has 0 unspecified atom stereocenters. The number of benzene rings is 2. The molecule has 1 amide bonds. The van der Waals surface area contributed by atoms with E-state index < -0.39 is 5.91 Å². The molecular formula is C17H11BrClIN2O2. The second kappa shape index (κ2) is 8.51. The Hall–Kier alpha value is -1.56. The molecule has 0 fully saturated rings. The standard InChI is InChI=1S/C17H11BrClIN2O2/c1-24-16-14(18)7-10(8-15(16)20)6-11(9-21)17(23)22-13-4-2-12(19)3-5-13/h2-8H,1H3,(H,22,23)/b11-6-. The van der Waals surface area contributed by atoms with Gasteiger partial charge in [-0.2, -0.15) is 5.26 Å². The van der Waals surface area contributed by atoms with Crippen LogP contribution < -0.4 is 10.1 Å². The summed E-state index contributed by atoms with van der Waals surface area (Å²) in [7, 11) is 1.58. The molecule has 0 aliphatic rings. The Kier molecular flexibility index (Phi) is 6.66. The molecule has 0 atom stereocenters. The number of carbonyl (C=O) groups is 1. The van der Waals surface area contributed by atoms with Gasteiger partial charge in [0.05, 0.1) is 15.2 Å². The molecule has 0 heterocycles. The number of halogens is 3. The van der Waals surface area contributed by atoms with E-state index in [4.69, 9.17) is 16.3 Å². The van der Waals surface area contributed by atoms with Gasteiger partial charge in [-0.15, -0.1) is 0 Å². The first kappa shape index (κ1) is 18.8. The maximum atomic E-state index is 12.3. The summed E-state index contributed by atoms with van der Waals surface area (Å²) in [6.45, 7) is 0. The van der Waals surface area contributed by atoms with E-state index >= 15 is 0 Å². The Balaban J connectivity index is 2.27. The lowest BCUT2D eigenvalue weighted by Crippen LogP contribution is -2.13. The van der Waals surface area contributed by atoms with Crippen LogP contribution in [-0.2, 0) is 4.79 Å². The average Bonchev–Trinajstić information content (AvgIpc) is 2.54. The number of amides is 1. The Labute approximate surface area is 166 Å². The van der Waals surface area contributed by atoms with Crippen molar-refractivity contribution in [3.8, 4) is 11.8 Å². The molecule has 0 aliphatic heterocycles. The van der Waals surface area contributed by atoms with Crippen molar-refractivity contribution < 1.29 is 9.53 Å². The maximum absolute atomic E-state index is 12.3. The molecule has 0 aromatic heterocycles. The molecule has 4 nitrogen and oxygen atoms in total. The van der Waals surface area contributed by atoms with Crippen molar-refractivity contribution >= 4 is 67.8 Å². The zero-order valence-corrected chi connectivity index (χ0v) is 16.9. The molecule has 0 radical (unpaired) electrons. The third kappa shape index (κ3) is 4.72. The Morgan fingerprint density at radius 1 is 1.38 bits per heavy atom. The summed E-state index contributed by atoms with van der Waals surface area (Å²) < 4.78 is 6.88. The maximum Gasteiger partial charge on any atom is 0.266 e. The highest BCUT2D eigenvalue weighted by atomic mass is 127. The number of methoxy groups -OCH3 is 1. The minimum atomic E-state index is -0.484. The van der Waals surface area contributed by atoms with Gasteiger partial charge in [-0.3, -0.25) is 4.79 Å². The van der Waals surface area contributed by atoms with E-state index in [1.54, 1.807) is 37.4 Å². The van der Waals surface area contributed by atoms with Crippen LogP contribution in [0.25, 0.3) is 6.08 Å². The number of hydrogen-bond acceptors (Lipinski definition) is 3. The molecule has 2 aromatic carbocycles. The number of carbonyl (C=O) groups excluding carboxylic acids is 1. The van der Waals surface area contributed by atoms with Crippen molar-refractivity contribution in [1.82, 2.24) is 0 Å². The van der Waals surface area contributed by atoms with Crippen molar-refractivity contribution in [2.45, 2.75) is 0 Å². The van der Waals surface area contributed by atoms with Gasteiger partial charge in [-0.25, -0.2) is 0 Å². The van der Waals surface area contributed by atoms with Crippen LogP contribution in [0.1, 0.15) is 5.56 Å². The van der Waals surface area contributed by atoms with Gasteiger partial charge >= 0.3 is 0 Å². The fourth-order valence-electron chi connectivity index (χ4n) is 1.90. The summed E-state index contributed by atoms with van der Waals surface area (Å²) in [4.78, 5) is 12.3. The summed E-state index contributed by atoms with van der Waals surface area (Å²) in [5, 5.41) is 12.5. The molecule has 1 N–H and O–H groups in total. The quantitative estimate of drug-likeness (QED) is 0.342. The van der Waals surface area contributed by atoms with E-state index in [0.29, 0.717) is 16.5 Å². The minimum Gasteiger partial charge on any atom is -0.494 e. The Bertz CT molecular complexity index is 822. The molecule has 24 heavy (non-hydrogen) atoms. The zero-order chi connectivity index (χ0) is 17.7. The van der Waals surface area contributed by atoms with Crippen molar-refractivity contribution in [3.63, 3.8) is 0 Å². The number of anilines is 1. The minimum absolute atomic E-state index is 0.00202. The van der Waals surface area contributed by atoms with E-state index in [1.807, 2.05) is 12.1 Å². The predicted octanol–water partition coefficient (Wildman–Crippen LogP) is 5.26. The van der Waals surface area contributed by atoms with Gasteiger partial charge < -0.3 is 10.1 Å². The lowest BCUT2D eigenvalue weighted by atomic mass is 10.1. The van der Waals surface area contributed by atoms with Crippen LogP contribution in [0.4, 0.5) is 5.69 Å². The molecular weight excluding hydrogens is 506 g/mol. The van der Waals surface area contributed by atoms with Gasteiger partial charge in [0.2, 0.25) is 0 Å². The molecule has 0 bridgehead atoms. The second-order valence-corrected chi connectivity index (χ2v) is 7.10. The average molecular weight is 518 g/mol. The molecule has 0 saturated heterocycles. The lowest BCUT2D eigenvalue weighted by molar-refractivity contribution is -0.112. The van der Waals surface area contributed by atoms with Gasteiger partial charge in [-0.05, 0) is 86.6 Å². The molecule has 2 rings (SSSR count). The summed E-state index contributed by atoms with van der Waals surface area (Å²) in [6.07, 6.45) is 1.53. The van der Waals surface area contributed by atoms with E-state index in [1.165, 1.54) is 6.08 Å². The van der Waals surface area contributed by atoms with Crippen LogP contribution in [0, 0.1) is 14.9 Å². The van der Waals surface area contributed by atoms with Crippen LogP contribution in [0.3, 0.4) is 0 Å². The third-order valence-electron chi connectivity index (χ3n) is 3.00. The number of nitrogens with one attached hydrogen (secondary N) is 1. The first-order valence-corrected chi connectivity index (χ1v) is 8.91. The van der Waals surface area contributed by atoms with Crippen LogP contribution in [-0.4, -0.2) is 13.0 Å². The molecule has 7 heteroatoms. The van der Waals surface area contributed by atoms with Crippen molar-refractivity contribution in [2.75, 3.05) is 12.4 Å². The molecule has 0 saturated carbocycles. The Morgan fingerprint density at radius 2 is 2.04 bits per heavy atom. The number of rotatable bonds is 4. The van der Waals surface area contributed by atoms with E-state index in [9.17, 15) is 10.1 Å². The molecule has 122 valence electrons. The highest BCUT2D eigenvalue weighted by Gasteiger charge is 2.12. The predicted molar refractivity (Wildman–Crippen MR) is 107 cm³/mol. The SMILES string of the molecule is COc1c(Br)cc(/C=C(/C#N)C(=O)Nc2ccc(Cl)cc2)cc1I. The molecule has 0 spiro atoms. The van der Waals surface area contributed by atoms with Crippen molar-refractivity contribution in [2.24, 2.45) is 0 Å². The summed E-state index contributed by atoms with van der Waals surface area (Å²) >= 11 is 11.3. The lowest BCUT2D eigenvalue weighted by Gasteiger charge is -2.08. The summed E-state index contributed by atoms with van der Waals surface area (Å²) in [5.74, 6) is 0.221. The van der Waals surface area contributed by atoms with Crippen molar-refractivity contribution in [1.29, 1.82) is 5.26 Å². The number of nitriles is 1. The first-order valence-electron chi connectivity index (χ1n) is 6.66. The smallest absolute Gasteiger partial charge is 0.266 e. The molecule has 0 aliphatic carbocycles. The number of nitrogens with zero attached hydrogens (tertiary/aromatic N) is 1. The van der Waals surface area contributed by atoms with Gasteiger partial charge in [0.1, 0.15) is 17.4 Å². The highest BCUT2D eigenvalue weighted by Crippen LogP contribution is 2.32. The Morgan fingerprint density at radius 3 is 2.58 bits per heavy atom. The van der Waals surface area contributed by atoms with Crippen LogP contribution in [0.5, 0.6) is 5.75 Å². The normalized spacial score (nSPS) is 10.9. The van der Waals surface area contributed by atoms with E-state index in [0.717, 1.165) is 13.6 Å². The van der Waals surface area contributed by atoms with Crippen LogP contribution in [0.15, 0.2) is 46.4 Å². The van der Waals surface area contributed by atoms with Gasteiger partial charge in [-0.1, -0.05) is 11.6 Å². The topological polar surface area (TPSA) is 62.1 Å². The fraction of sp³-hybridized carbons (Fsp3) is 0.0588. The largest absolute Gasteiger partial charge is 0.494 e. The van der Waals surface area contributed by atoms with E-state index in [-0.39, 0.29) is 5.57 Å². The van der Waals surface area contributed by atoms with E-state index in [2.05, 4.69) is 43.8 Å². The van der Waals surface area contributed by atoms with Gasteiger partial charge in [0.15, 0.2) is 0 Å². The first-order chi connectivity index (χ1) is 11.4. The monoisotopic (exact) mass is 516 g/mol. The third-order valence-corrected chi connectivity index (χ3v) is 4.65. The zero-order valence-electron chi connectivity index (χ0n) is 12.4. The van der Waals surface area contributed by atoms with Crippen LogP contribution >= 0.6 is 50.1 Å². The second-order valence-electron chi connectivity index (χ2n) is 4.65. The summed E-state index contributed by atoms with van der Waals surface area (Å²) in [6, 6.07) is 12.2. The van der Waals surface area contributed by atoms with Crippen LogP contribution in [0.2, 0.25) is 5.02 Å². The number of ether oxygens (including phenoxy) is 1. The molecule has 2 aromatic rings.